The summed E-state index contributed by atoms with van der Waals surface area (Å²) in [4.78, 5) is 0. The zero-order valence-corrected chi connectivity index (χ0v) is 11.1. The number of halogens is 1. The summed E-state index contributed by atoms with van der Waals surface area (Å²) in [5.41, 5.74) is 0. The maximum Gasteiger partial charge on any atom is 0.0537 e. The Kier molecular flexibility index (Phi) is 6.55. The number of hydrogen-bond acceptors (Lipinski definition) is 1. The van der Waals surface area contributed by atoms with E-state index in [4.69, 9.17) is 0 Å². The maximum absolute atomic E-state index is 4.47. The summed E-state index contributed by atoms with van der Waals surface area (Å²) >= 11 is 6.89. The van der Waals surface area contributed by atoms with Crippen LogP contribution in [0.5, 0.6) is 0 Å². The molecule has 0 aromatic rings. The average Bonchev–Trinajstić information content (AvgIpc) is 2.17. The van der Waals surface area contributed by atoms with Gasteiger partial charge in [-0.15, -0.1) is 0 Å². The van der Waals surface area contributed by atoms with Crippen molar-refractivity contribution in [2.24, 2.45) is 5.92 Å². The van der Waals surface area contributed by atoms with Crippen LogP contribution in [0, 0.1) is 5.92 Å². The molecule has 1 unspecified atom stereocenters. The molecule has 0 bridgehead atoms. The summed E-state index contributed by atoms with van der Waals surface area (Å²) in [5, 5.41) is 0. The molecule has 0 aliphatic heterocycles. The van der Waals surface area contributed by atoms with Gasteiger partial charge in [-0.2, -0.15) is 12.6 Å². The largest absolute Gasteiger partial charge is 0.165 e. The number of rotatable bonds is 2. The topological polar surface area (TPSA) is 0 Å². The van der Waals surface area contributed by atoms with Crippen LogP contribution in [-0.2, 0) is 0 Å². The molecular formula is C11H19IS. The lowest BCUT2D eigenvalue weighted by Gasteiger charge is -2.16. The monoisotopic (exact) mass is 310 g/mol. The predicted octanol–water partition coefficient (Wildman–Crippen LogP) is 4.59. The molecular weight excluding hydrogens is 291 g/mol. The van der Waals surface area contributed by atoms with Gasteiger partial charge >= 0.3 is 0 Å². The zero-order chi connectivity index (χ0) is 9.52. The van der Waals surface area contributed by atoms with Gasteiger partial charge in [-0.3, -0.25) is 0 Å². The summed E-state index contributed by atoms with van der Waals surface area (Å²) in [6.07, 6.45) is 14.1. The van der Waals surface area contributed by atoms with Crippen LogP contribution in [0.15, 0.2) is 12.2 Å². The van der Waals surface area contributed by atoms with Crippen LogP contribution in [0.2, 0.25) is 0 Å². The molecule has 0 radical (unpaired) electrons. The molecule has 76 valence electrons. The van der Waals surface area contributed by atoms with E-state index in [0.717, 1.165) is 5.92 Å². The molecule has 0 aromatic carbocycles. The van der Waals surface area contributed by atoms with Crippen molar-refractivity contribution >= 4 is 35.2 Å². The van der Waals surface area contributed by atoms with E-state index in [0.29, 0.717) is 3.26 Å². The highest BCUT2D eigenvalue weighted by atomic mass is 127. The second-order valence-corrected chi connectivity index (χ2v) is 6.98. The molecule has 1 rings (SSSR count). The molecule has 2 heteroatoms. The van der Waals surface area contributed by atoms with Gasteiger partial charge in [0.15, 0.2) is 0 Å². The lowest BCUT2D eigenvalue weighted by atomic mass is 9.94. The van der Waals surface area contributed by atoms with Crippen molar-refractivity contribution in [3.8, 4) is 0 Å². The smallest absolute Gasteiger partial charge is 0.0537 e. The van der Waals surface area contributed by atoms with Crippen LogP contribution in [0.25, 0.3) is 0 Å². The lowest BCUT2D eigenvalue weighted by molar-refractivity contribution is 0.419. The fourth-order valence-electron chi connectivity index (χ4n) is 1.94. The van der Waals surface area contributed by atoms with Crippen LogP contribution in [0.1, 0.15) is 44.9 Å². The number of alkyl halides is 1. The third kappa shape index (κ3) is 6.00. The Hall–Kier alpha value is 0.820. The van der Waals surface area contributed by atoms with Gasteiger partial charge < -0.3 is 0 Å². The standard InChI is InChI=1S/C11H19IS/c12-11(13)9-10-7-5-3-1-2-4-6-8-10/h1-2,10-11,13H,3-9H2/b2-1-. The van der Waals surface area contributed by atoms with Crippen molar-refractivity contribution in [1.29, 1.82) is 0 Å². The molecule has 0 saturated heterocycles. The molecule has 1 aliphatic rings. The van der Waals surface area contributed by atoms with E-state index in [1.54, 1.807) is 0 Å². The molecule has 0 nitrogen and oxygen atoms in total. The third-order valence-corrected chi connectivity index (χ3v) is 3.38. The van der Waals surface area contributed by atoms with Crippen molar-refractivity contribution in [3.05, 3.63) is 12.2 Å². The van der Waals surface area contributed by atoms with E-state index < -0.39 is 0 Å². The summed E-state index contributed by atoms with van der Waals surface area (Å²) < 4.78 is 0.552. The van der Waals surface area contributed by atoms with E-state index in [9.17, 15) is 0 Å². The highest BCUT2D eigenvalue weighted by molar-refractivity contribution is 14.1. The van der Waals surface area contributed by atoms with Crippen LogP contribution in [-0.4, -0.2) is 3.26 Å². The van der Waals surface area contributed by atoms with Crippen molar-refractivity contribution in [1.82, 2.24) is 0 Å². The molecule has 1 aliphatic carbocycles. The minimum atomic E-state index is 0.552. The van der Waals surface area contributed by atoms with Crippen molar-refractivity contribution in [2.45, 2.75) is 48.2 Å². The summed E-state index contributed by atoms with van der Waals surface area (Å²) in [6, 6.07) is 0. The van der Waals surface area contributed by atoms with Crippen LogP contribution >= 0.6 is 35.2 Å². The Balaban J connectivity index is 2.28. The Morgan fingerprint density at radius 2 is 1.77 bits per heavy atom. The van der Waals surface area contributed by atoms with Gasteiger partial charge in [-0.25, -0.2) is 0 Å². The summed E-state index contributed by atoms with van der Waals surface area (Å²) in [5.74, 6) is 0.930. The molecule has 0 saturated carbocycles. The SMILES string of the molecule is SC(I)CC1CCC/C=C\CCC1. The number of thiol groups is 1. The van der Waals surface area contributed by atoms with Gasteiger partial charge in [0.05, 0.1) is 3.26 Å². The lowest BCUT2D eigenvalue weighted by Crippen LogP contribution is -2.04. The van der Waals surface area contributed by atoms with E-state index in [-0.39, 0.29) is 0 Å². The molecule has 13 heavy (non-hydrogen) atoms. The van der Waals surface area contributed by atoms with Gasteiger partial charge in [0.25, 0.3) is 0 Å². The fraction of sp³-hybridized carbons (Fsp3) is 0.818. The second kappa shape index (κ2) is 7.16. The predicted molar refractivity (Wildman–Crippen MR) is 71.7 cm³/mol. The highest BCUT2D eigenvalue weighted by Crippen LogP contribution is 2.27. The van der Waals surface area contributed by atoms with Gasteiger partial charge in [-0.1, -0.05) is 47.6 Å². The normalized spacial score (nSPS) is 25.7. The van der Waals surface area contributed by atoms with Gasteiger partial charge in [-0.05, 0) is 38.0 Å². The first kappa shape index (κ1) is 11.9. The molecule has 0 spiro atoms. The third-order valence-electron chi connectivity index (χ3n) is 2.66. The van der Waals surface area contributed by atoms with Crippen molar-refractivity contribution in [3.63, 3.8) is 0 Å². The molecule has 0 fully saturated rings. The quantitative estimate of drug-likeness (QED) is 0.328. The molecule has 1 atom stereocenters. The molecule has 0 amide bonds. The summed E-state index contributed by atoms with van der Waals surface area (Å²) in [6.45, 7) is 0. The Labute approximate surface area is 101 Å². The van der Waals surface area contributed by atoms with Crippen molar-refractivity contribution < 1.29 is 0 Å². The second-order valence-electron chi connectivity index (χ2n) is 3.87. The van der Waals surface area contributed by atoms with Gasteiger partial charge in [0, 0.05) is 0 Å². The number of hydrogen-bond donors (Lipinski definition) is 1. The van der Waals surface area contributed by atoms with Crippen LogP contribution in [0.3, 0.4) is 0 Å². The number of allylic oxidation sites excluding steroid dienone is 2. The van der Waals surface area contributed by atoms with E-state index in [1.807, 2.05) is 0 Å². The summed E-state index contributed by atoms with van der Waals surface area (Å²) in [7, 11) is 0. The first-order valence-corrected chi connectivity index (χ1v) is 7.02. The maximum atomic E-state index is 4.47. The average molecular weight is 310 g/mol. The first-order chi connectivity index (χ1) is 6.29. The van der Waals surface area contributed by atoms with Crippen LogP contribution < -0.4 is 0 Å². The molecule has 0 N–H and O–H groups in total. The zero-order valence-electron chi connectivity index (χ0n) is 8.08. The van der Waals surface area contributed by atoms with E-state index in [1.165, 1.54) is 44.9 Å². The van der Waals surface area contributed by atoms with E-state index >= 15 is 0 Å². The van der Waals surface area contributed by atoms with Gasteiger partial charge in [0.2, 0.25) is 0 Å². The van der Waals surface area contributed by atoms with Crippen molar-refractivity contribution in [2.75, 3.05) is 0 Å². The first-order valence-electron chi connectivity index (χ1n) is 5.26. The Morgan fingerprint density at radius 1 is 1.23 bits per heavy atom. The Bertz CT molecular complexity index is 142. The fourth-order valence-corrected chi connectivity index (χ4v) is 2.96. The van der Waals surface area contributed by atoms with Gasteiger partial charge in [0.1, 0.15) is 0 Å². The minimum Gasteiger partial charge on any atom is -0.165 e. The minimum absolute atomic E-state index is 0.552. The Morgan fingerprint density at radius 3 is 2.23 bits per heavy atom. The van der Waals surface area contributed by atoms with E-state index in [2.05, 4.69) is 47.4 Å². The molecule has 0 aromatic heterocycles. The molecule has 0 heterocycles. The van der Waals surface area contributed by atoms with Crippen LogP contribution in [0.4, 0.5) is 0 Å². The highest BCUT2D eigenvalue weighted by Gasteiger charge is 2.11.